The van der Waals surface area contributed by atoms with Gasteiger partial charge in [-0.05, 0) is 12.8 Å². The third-order valence-corrected chi connectivity index (χ3v) is 5.70. The van der Waals surface area contributed by atoms with Crippen molar-refractivity contribution >= 4 is 23.6 Å². The smallest absolute Gasteiger partial charge is 0.330 e. The van der Waals surface area contributed by atoms with E-state index >= 15 is 0 Å². The van der Waals surface area contributed by atoms with Crippen molar-refractivity contribution in [1.29, 1.82) is 0 Å². The van der Waals surface area contributed by atoms with Crippen LogP contribution in [0.4, 0.5) is 0 Å². The highest BCUT2D eigenvalue weighted by atomic mass is 32.2. The predicted molar refractivity (Wildman–Crippen MR) is 85.6 cm³/mol. The van der Waals surface area contributed by atoms with Gasteiger partial charge in [0.1, 0.15) is 0 Å². The molecule has 23 heavy (non-hydrogen) atoms. The fourth-order valence-corrected chi connectivity index (χ4v) is 4.55. The van der Waals surface area contributed by atoms with Crippen LogP contribution in [0.5, 0.6) is 0 Å². The van der Waals surface area contributed by atoms with Crippen LogP contribution >= 0.6 is 11.8 Å². The van der Waals surface area contributed by atoms with Crippen molar-refractivity contribution in [3.63, 3.8) is 0 Å². The van der Waals surface area contributed by atoms with Gasteiger partial charge in [0.15, 0.2) is 12.4 Å². The lowest BCUT2D eigenvalue weighted by Crippen LogP contribution is -2.44. The highest BCUT2D eigenvalue weighted by Crippen LogP contribution is 2.33. The molecule has 132 valence electrons. The molecule has 0 aromatic rings. The first-order valence-electron chi connectivity index (χ1n) is 7.85. The number of methoxy groups -OCH3 is 1. The van der Waals surface area contributed by atoms with Crippen molar-refractivity contribution < 1.29 is 24.5 Å². The van der Waals surface area contributed by atoms with Crippen molar-refractivity contribution in [2.24, 2.45) is 0 Å². The molecule has 2 aliphatic heterocycles. The average Bonchev–Trinajstić information content (AvgIpc) is 3.08. The molecule has 2 fully saturated rings. The third kappa shape index (κ3) is 5.05. The molecule has 5 unspecified atom stereocenters. The van der Waals surface area contributed by atoms with Crippen LogP contribution in [-0.4, -0.2) is 71.3 Å². The van der Waals surface area contributed by atoms with E-state index in [0.29, 0.717) is 17.7 Å². The molecule has 8 nitrogen and oxygen atoms in total. The SMILES string of the molecule is COC(=O)C(CO)NC(=O)CCCCC1SCC2NC(O)NC21. The number of nitrogens with one attached hydrogen (secondary N) is 3. The zero-order chi connectivity index (χ0) is 16.8. The van der Waals surface area contributed by atoms with Crippen LogP contribution in [-0.2, 0) is 14.3 Å². The van der Waals surface area contributed by atoms with Crippen LogP contribution in [0, 0.1) is 0 Å². The zero-order valence-corrected chi connectivity index (χ0v) is 14.0. The lowest BCUT2D eigenvalue weighted by Gasteiger charge is -2.17. The van der Waals surface area contributed by atoms with Crippen LogP contribution in [0.2, 0.25) is 0 Å². The summed E-state index contributed by atoms with van der Waals surface area (Å²) in [5.41, 5.74) is 0. The van der Waals surface area contributed by atoms with Gasteiger partial charge < -0.3 is 20.3 Å². The van der Waals surface area contributed by atoms with E-state index in [4.69, 9.17) is 5.11 Å². The van der Waals surface area contributed by atoms with Gasteiger partial charge in [-0.3, -0.25) is 15.4 Å². The number of carbonyl (C=O) groups is 2. The lowest BCUT2D eigenvalue weighted by atomic mass is 10.0. The number of unbranched alkanes of at least 4 members (excludes halogenated alkanes) is 1. The molecule has 0 radical (unpaired) electrons. The van der Waals surface area contributed by atoms with Crippen molar-refractivity contribution in [3.05, 3.63) is 0 Å². The van der Waals surface area contributed by atoms with E-state index in [2.05, 4.69) is 20.7 Å². The molecule has 0 saturated carbocycles. The van der Waals surface area contributed by atoms with Gasteiger partial charge in [0.2, 0.25) is 5.91 Å². The van der Waals surface area contributed by atoms with Crippen molar-refractivity contribution in [3.8, 4) is 0 Å². The van der Waals surface area contributed by atoms with Gasteiger partial charge in [0.25, 0.3) is 0 Å². The lowest BCUT2D eigenvalue weighted by molar-refractivity contribution is -0.146. The number of fused-ring (bicyclic) bond motifs is 1. The summed E-state index contributed by atoms with van der Waals surface area (Å²) in [7, 11) is 1.21. The summed E-state index contributed by atoms with van der Waals surface area (Å²) in [6, 6.07) is -0.399. The number of ether oxygens (including phenoxy) is 1. The van der Waals surface area contributed by atoms with E-state index < -0.39 is 25.0 Å². The molecule has 0 bridgehead atoms. The molecular weight excluding hydrogens is 322 g/mol. The van der Waals surface area contributed by atoms with Gasteiger partial charge in [0, 0.05) is 29.5 Å². The number of esters is 1. The first-order valence-corrected chi connectivity index (χ1v) is 8.90. The minimum absolute atomic E-state index is 0.262. The zero-order valence-electron chi connectivity index (χ0n) is 13.2. The van der Waals surface area contributed by atoms with E-state index in [-0.39, 0.29) is 11.9 Å². The first-order chi connectivity index (χ1) is 11.0. The fourth-order valence-electron chi connectivity index (χ4n) is 2.98. The number of carbonyl (C=O) groups excluding carboxylic acids is 2. The molecule has 5 atom stereocenters. The van der Waals surface area contributed by atoms with Gasteiger partial charge >= 0.3 is 5.97 Å². The Morgan fingerprint density at radius 2 is 2.17 bits per heavy atom. The van der Waals surface area contributed by atoms with Gasteiger partial charge in [-0.15, -0.1) is 0 Å². The minimum atomic E-state index is -0.992. The van der Waals surface area contributed by atoms with E-state index in [9.17, 15) is 14.7 Å². The second-order valence-electron chi connectivity index (χ2n) is 5.81. The van der Waals surface area contributed by atoms with Crippen molar-refractivity contribution in [2.75, 3.05) is 19.5 Å². The predicted octanol–water partition coefficient (Wildman–Crippen LogP) is -1.48. The van der Waals surface area contributed by atoms with E-state index in [1.807, 2.05) is 11.8 Å². The maximum Gasteiger partial charge on any atom is 0.330 e. The van der Waals surface area contributed by atoms with Crippen LogP contribution < -0.4 is 16.0 Å². The normalized spacial score (nSPS) is 30.7. The topological polar surface area (TPSA) is 120 Å². The summed E-state index contributed by atoms with van der Waals surface area (Å²) in [5.74, 6) is 0.0760. The number of aliphatic hydroxyl groups excluding tert-OH is 2. The van der Waals surface area contributed by atoms with Crippen molar-refractivity contribution in [2.45, 2.75) is 55.4 Å². The Kier molecular flexibility index (Phi) is 7.09. The number of thioether (sulfide) groups is 1. The largest absolute Gasteiger partial charge is 0.467 e. The summed E-state index contributed by atoms with van der Waals surface area (Å²) in [4.78, 5) is 23.0. The highest BCUT2D eigenvalue weighted by molar-refractivity contribution is 8.00. The molecule has 2 saturated heterocycles. The Morgan fingerprint density at radius 1 is 1.39 bits per heavy atom. The standard InChI is InChI=1S/C14H25N3O5S/c1-22-13(20)8(6-18)15-11(19)5-3-2-4-10-12-9(7-23-10)16-14(21)17-12/h8-10,12,14,16-18,21H,2-7H2,1H3,(H,15,19). The summed E-state index contributed by atoms with van der Waals surface area (Å²) >= 11 is 1.89. The second-order valence-corrected chi connectivity index (χ2v) is 7.08. The van der Waals surface area contributed by atoms with Crippen LogP contribution in [0.3, 0.4) is 0 Å². The van der Waals surface area contributed by atoms with Gasteiger partial charge in [-0.1, -0.05) is 6.42 Å². The van der Waals surface area contributed by atoms with E-state index in [1.54, 1.807) is 0 Å². The number of rotatable bonds is 8. The van der Waals surface area contributed by atoms with Crippen LogP contribution in [0.1, 0.15) is 25.7 Å². The molecule has 2 aliphatic rings. The molecule has 1 amide bonds. The molecular formula is C14H25N3O5S. The quantitative estimate of drug-likeness (QED) is 0.266. The Balaban J connectivity index is 1.62. The molecule has 5 N–H and O–H groups in total. The first kappa shape index (κ1) is 18.5. The van der Waals surface area contributed by atoms with Gasteiger partial charge in [-0.25, -0.2) is 4.79 Å². The number of hydrogen-bond donors (Lipinski definition) is 5. The minimum Gasteiger partial charge on any atom is -0.467 e. The van der Waals surface area contributed by atoms with E-state index in [1.165, 1.54) is 7.11 Å². The Bertz CT molecular complexity index is 425. The van der Waals surface area contributed by atoms with Crippen LogP contribution in [0.15, 0.2) is 0 Å². The molecule has 2 heterocycles. The maximum atomic E-state index is 11.8. The van der Waals surface area contributed by atoms with Crippen LogP contribution in [0.25, 0.3) is 0 Å². The molecule has 2 rings (SSSR count). The summed E-state index contributed by atoms with van der Waals surface area (Å²) in [5, 5.41) is 27.7. The average molecular weight is 347 g/mol. The number of amides is 1. The molecule has 9 heteroatoms. The molecule has 0 spiro atoms. The Hall–Kier alpha value is -0.870. The second kappa shape index (κ2) is 8.84. The molecule has 0 aromatic heterocycles. The Morgan fingerprint density at radius 3 is 2.87 bits per heavy atom. The number of hydrogen-bond acceptors (Lipinski definition) is 8. The molecule has 0 aliphatic carbocycles. The summed E-state index contributed by atoms with van der Waals surface area (Å²) < 4.78 is 4.50. The van der Waals surface area contributed by atoms with Gasteiger partial charge in [0.05, 0.1) is 13.7 Å². The summed E-state index contributed by atoms with van der Waals surface area (Å²) in [6.07, 6.45) is 2.28. The van der Waals surface area contributed by atoms with Gasteiger partial charge in [-0.2, -0.15) is 11.8 Å². The van der Waals surface area contributed by atoms with Crippen molar-refractivity contribution in [1.82, 2.24) is 16.0 Å². The maximum absolute atomic E-state index is 11.8. The Labute approximate surface area is 139 Å². The summed E-state index contributed by atoms with van der Waals surface area (Å²) in [6.45, 7) is -0.471. The fraction of sp³-hybridized carbons (Fsp3) is 0.857. The molecule has 0 aromatic carbocycles. The third-order valence-electron chi connectivity index (χ3n) is 4.19. The van der Waals surface area contributed by atoms with E-state index in [0.717, 1.165) is 25.0 Å². The number of aliphatic hydroxyl groups is 2. The monoisotopic (exact) mass is 347 g/mol. The highest BCUT2D eigenvalue weighted by Gasteiger charge is 2.42.